The molecule has 1 aliphatic rings. The summed E-state index contributed by atoms with van der Waals surface area (Å²) < 4.78 is 0. The van der Waals surface area contributed by atoms with Gasteiger partial charge in [0.05, 0.1) is 0 Å². The molecule has 1 N–H and O–H groups in total. The van der Waals surface area contributed by atoms with Gasteiger partial charge in [0.15, 0.2) is 10.9 Å². The van der Waals surface area contributed by atoms with Crippen molar-refractivity contribution in [3.05, 3.63) is 60.2 Å². The number of piperidine rings is 1. The lowest BCUT2D eigenvalue weighted by molar-refractivity contribution is 0.310. The molecule has 1 saturated heterocycles. The van der Waals surface area contributed by atoms with Crippen molar-refractivity contribution in [2.45, 2.75) is 25.7 Å². The molecule has 1 fully saturated rings. The fraction of sp³-hybridized carbons (Fsp3) is 0.333. The summed E-state index contributed by atoms with van der Waals surface area (Å²) in [6.07, 6.45) is 5.62. The Hall–Kier alpha value is -2.34. The highest BCUT2D eigenvalue weighted by Gasteiger charge is 2.21. The molecule has 0 bridgehead atoms. The van der Waals surface area contributed by atoms with Crippen LogP contribution in [0.25, 0.3) is 0 Å². The Labute approximate surface area is 147 Å². The van der Waals surface area contributed by atoms with Gasteiger partial charge >= 0.3 is 0 Å². The number of rotatable bonds is 3. The van der Waals surface area contributed by atoms with Gasteiger partial charge in [0.25, 0.3) is 0 Å². The number of hydrogen-bond acceptors (Lipinski definition) is 4. The number of aromatic nitrogens is 2. The summed E-state index contributed by atoms with van der Waals surface area (Å²) in [4.78, 5) is 10.5. The Morgan fingerprint density at radius 2 is 1.79 bits per heavy atom. The molecule has 24 heavy (non-hydrogen) atoms. The largest absolute Gasteiger partial charge is 0.348 e. The van der Waals surface area contributed by atoms with Crippen LogP contribution in [0.2, 0.25) is 0 Å². The van der Waals surface area contributed by atoms with Gasteiger partial charge in [-0.05, 0) is 49.5 Å². The third-order valence-electron chi connectivity index (χ3n) is 4.26. The summed E-state index contributed by atoms with van der Waals surface area (Å²) in [5.41, 5.74) is 5.11. The van der Waals surface area contributed by atoms with Crippen LogP contribution >= 0.6 is 12.2 Å². The molecule has 1 aromatic carbocycles. The van der Waals surface area contributed by atoms with Crippen molar-refractivity contribution < 1.29 is 0 Å². The van der Waals surface area contributed by atoms with Crippen molar-refractivity contribution in [1.29, 1.82) is 0 Å². The molecule has 2 heterocycles. The molecule has 3 rings (SSSR count). The Kier molecular flexibility index (Phi) is 5.48. The molecular weight excluding hydrogens is 318 g/mol. The third-order valence-corrected chi connectivity index (χ3v) is 4.61. The molecule has 0 radical (unpaired) electrons. The topological polar surface area (TPSA) is 53.4 Å². The van der Waals surface area contributed by atoms with E-state index < -0.39 is 0 Å². The highest BCUT2D eigenvalue weighted by molar-refractivity contribution is 7.80. The van der Waals surface area contributed by atoms with Crippen LogP contribution in [0.1, 0.15) is 37.1 Å². The van der Waals surface area contributed by atoms with Crippen LogP contribution < -0.4 is 5.43 Å². The Morgan fingerprint density at radius 3 is 2.46 bits per heavy atom. The van der Waals surface area contributed by atoms with E-state index in [1.165, 1.54) is 5.56 Å². The standard InChI is InChI=1S/C18H21N5S/c1-14(17-19-10-5-11-20-17)21-22-18(24)23-12-8-16(9-13-23)15-6-3-2-4-7-15/h2-7,10-11,16H,8-9,12-13H2,1H3,(H,22,24)/b21-14-. The van der Waals surface area contributed by atoms with Crippen LogP contribution in [0, 0.1) is 0 Å². The predicted molar refractivity (Wildman–Crippen MR) is 100.0 cm³/mol. The Bertz CT molecular complexity index is 694. The van der Waals surface area contributed by atoms with Crippen molar-refractivity contribution in [3.63, 3.8) is 0 Å². The molecule has 1 aliphatic heterocycles. The first-order valence-corrected chi connectivity index (χ1v) is 8.56. The maximum absolute atomic E-state index is 5.46. The average molecular weight is 339 g/mol. The van der Waals surface area contributed by atoms with Crippen LogP contribution in [0.3, 0.4) is 0 Å². The van der Waals surface area contributed by atoms with Crippen LogP contribution in [0.4, 0.5) is 0 Å². The summed E-state index contributed by atoms with van der Waals surface area (Å²) >= 11 is 5.46. The molecule has 0 unspecified atom stereocenters. The Morgan fingerprint density at radius 1 is 1.12 bits per heavy atom. The van der Waals surface area contributed by atoms with Crippen molar-refractivity contribution in [2.75, 3.05) is 13.1 Å². The van der Waals surface area contributed by atoms with E-state index >= 15 is 0 Å². The van der Waals surface area contributed by atoms with E-state index in [9.17, 15) is 0 Å². The molecule has 6 heteroatoms. The molecule has 0 saturated carbocycles. The molecule has 5 nitrogen and oxygen atoms in total. The van der Waals surface area contributed by atoms with Crippen LogP contribution in [-0.2, 0) is 0 Å². The van der Waals surface area contributed by atoms with E-state index in [4.69, 9.17) is 12.2 Å². The summed E-state index contributed by atoms with van der Waals surface area (Å²) in [6.45, 7) is 3.76. The summed E-state index contributed by atoms with van der Waals surface area (Å²) in [5, 5.41) is 4.97. The van der Waals surface area contributed by atoms with E-state index in [-0.39, 0.29) is 0 Å². The molecule has 1 aromatic heterocycles. The third kappa shape index (κ3) is 4.14. The second kappa shape index (κ2) is 7.97. The van der Waals surface area contributed by atoms with Gasteiger partial charge in [-0.2, -0.15) is 5.10 Å². The van der Waals surface area contributed by atoms with E-state index in [0.29, 0.717) is 16.9 Å². The van der Waals surface area contributed by atoms with Crippen LogP contribution in [0.15, 0.2) is 53.9 Å². The van der Waals surface area contributed by atoms with Gasteiger partial charge in [-0.15, -0.1) is 0 Å². The molecule has 0 amide bonds. The van der Waals surface area contributed by atoms with Crippen LogP contribution in [0.5, 0.6) is 0 Å². The highest BCUT2D eigenvalue weighted by Crippen LogP contribution is 2.27. The van der Waals surface area contributed by atoms with Gasteiger partial charge in [-0.1, -0.05) is 30.3 Å². The predicted octanol–water partition coefficient (Wildman–Crippen LogP) is 2.95. The minimum Gasteiger partial charge on any atom is -0.348 e. The maximum atomic E-state index is 5.46. The number of likely N-dealkylation sites (tertiary alicyclic amines) is 1. The fourth-order valence-electron chi connectivity index (χ4n) is 2.88. The summed E-state index contributed by atoms with van der Waals surface area (Å²) in [7, 11) is 0. The zero-order valence-corrected chi connectivity index (χ0v) is 14.5. The number of thiocarbonyl (C=S) groups is 1. The number of hydrazone groups is 1. The first-order valence-electron chi connectivity index (χ1n) is 8.15. The lowest BCUT2D eigenvalue weighted by atomic mass is 9.90. The van der Waals surface area contributed by atoms with Crippen molar-refractivity contribution in [2.24, 2.45) is 5.10 Å². The molecular formula is C18H21N5S. The maximum Gasteiger partial charge on any atom is 0.189 e. The van der Waals surface area contributed by atoms with Crippen molar-refractivity contribution in [1.82, 2.24) is 20.3 Å². The smallest absolute Gasteiger partial charge is 0.189 e. The molecule has 0 atom stereocenters. The SMILES string of the molecule is C/C(=N/NC(=S)N1CCC(c2ccccc2)CC1)c1ncccn1. The van der Waals surface area contributed by atoms with E-state index in [2.05, 4.69) is 55.7 Å². The highest BCUT2D eigenvalue weighted by atomic mass is 32.1. The van der Waals surface area contributed by atoms with E-state index in [1.54, 1.807) is 18.5 Å². The Balaban J connectivity index is 1.52. The summed E-state index contributed by atoms with van der Waals surface area (Å²) in [6, 6.07) is 12.5. The molecule has 0 aliphatic carbocycles. The number of benzene rings is 1. The van der Waals surface area contributed by atoms with Gasteiger partial charge < -0.3 is 4.90 Å². The quantitative estimate of drug-likeness (QED) is 0.529. The number of nitrogens with zero attached hydrogens (tertiary/aromatic N) is 4. The lowest BCUT2D eigenvalue weighted by Gasteiger charge is -2.33. The van der Waals surface area contributed by atoms with Crippen LogP contribution in [-0.4, -0.2) is 38.8 Å². The van der Waals surface area contributed by atoms with Crippen molar-refractivity contribution in [3.8, 4) is 0 Å². The van der Waals surface area contributed by atoms with Gasteiger partial charge in [0, 0.05) is 25.5 Å². The fourth-order valence-corrected chi connectivity index (χ4v) is 3.11. The number of nitrogens with one attached hydrogen (secondary N) is 1. The van der Waals surface area contributed by atoms with E-state index in [1.807, 2.05) is 6.92 Å². The molecule has 0 spiro atoms. The monoisotopic (exact) mass is 339 g/mol. The first kappa shape index (κ1) is 16.5. The van der Waals surface area contributed by atoms with Gasteiger partial charge in [0.2, 0.25) is 0 Å². The zero-order chi connectivity index (χ0) is 16.8. The van der Waals surface area contributed by atoms with Crippen molar-refractivity contribution >= 4 is 23.0 Å². The zero-order valence-electron chi connectivity index (χ0n) is 13.7. The molecule has 2 aromatic rings. The minimum atomic E-state index is 0.607. The minimum absolute atomic E-state index is 0.607. The first-order chi connectivity index (χ1) is 11.7. The van der Waals surface area contributed by atoms with Gasteiger partial charge in [-0.25, -0.2) is 9.97 Å². The normalized spacial score (nSPS) is 16.0. The summed E-state index contributed by atoms with van der Waals surface area (Å²) in [5.74, 6) is 1.23. The second-order valence-corrected chi connectivity index (χ2v) is 6.25. The average Bonchev–Trinajstić information content (AvgIpc) is 2.67. The van der Waals surface area contributed by atoms with Gasteiger partial charge in [-0.3, -0.25) is 5.43 Å². The number of hydrogen-bond donors (Lipinski definition) is 1. The van der Waals surface area contributed by atoms with E-state index in [0.717, 1.165) is 31.6 Å². The molecule has 124 valence electrons. The second-order valence-electron chi connectivity index (χ2n) is 5.86. The lowest BCUT2D eigenvalue weighted by Crippen LogP contribution is -2.42. The van der Waals surface area contributed by atoms with Gasteiger partial charge in [0.1, 0.15) is 5.71 Å².